The van der Waals surface area contributed by atoms with Gasteiger partial charge in [0.1, 0.15) is 0 Å². The Labute approximate surface area is 206 Å². The minimum Gasteiger partial charge on any atom is -0.493 e. The van der Waals surface area contributed by atoms with Gasteiger partial charge in [-0.3, -0.25) is 9.80 Å². The monoisotopic (exact) mass is 486 g/mol. The third-order valence-electron chi connectivity index (χ3n) is 7.95. The molecule has 0 aromatic heterocycles. The molecule has 2 aromatic rings. The minimum absolute atomic E-state index is 0.540. The van der Waals surface area contributed by atoms with Crippen molar-refractivity contribution in [2.75, 3.05) is 75.5 Å². The van der Waals surface area contributed by atoms with Gasteiger partial charge in [-0.25, -0.2) is 0 Å². The van der Waals surface area contributed by atoms with Crippen molar-refractivity contribution in [3.63, 3.8) is 0 Å². The summed E-state index contributed by atoms with van der Waals surface area (Å²) in [6.45, 7) is 3.79. The highest BCUT2D eigenvalue weighted by Gasteiger charge is 2.64. The fourth-order valence-corrected chi connectivity index (χ4v) is 6.58. The van der Waals surface area contributed by atoms with Crippen LogP contribution in [0.2, 0.25) is 0 Å². The Balaban J connectivity index is 1.68. The third kappa shape index (κ3) is 3.32. The quantitative estimate of drug-likeness (QED) is 0.601. The van der Waals surface area contributed by atoms with Gasteiger partial charge in [-0.1, -0.05) is 0 Å². The molecule has 0 radical (unpaired) electrons. The lowest BCUT2D eigenvalue weighted by molar-refractivity contribution is -0.175. The average Bonchev–Trinajstić information content (AvgIpc) is 2.89. The van der Waals surface area contributed by atoms with Gasteiger partial charge in [-0.2, -0.15) is 0 Å². The van der Waals surface area contributed by atoms with Gasteiger partial charge < -0.3 is 33.5 Å². The Bertz CT molecular complexity index is 973. The SMILES string of the molecule is COc1cc(C23CN4CN(C2)CC(c2cc(OC)c(OC)c(OC)c2)(C4)C3O)cc(OC)c1OC. The number of aliphatic hydroxyl groups is 1. The van der Waals surface area contributed by atoms with Crippen LogP contribution in [0.5, 0.6) is 34.5 Å². The van der Waals surface area contributed by atoms with E-state index in [4.69, 9.17) is 28.4 Å². The molecule has 4 aliphatic heterocycles. The highest BCUT2D eigenvalue weighted by Crippen LogP contribution is 2.55. The highest BCUT2D eigenvalue weighted by molar-refractivity contribution is 5.59. The summed E-state index contributed by atoms with van der Waals surface area (Å²) in [7, 11) is 9.64. The predicted molar refractivity (Wildman–Crippen MR) is 130 cm³/mol. The maximum Gasteiger partial charge on any atom is 0.203 e. The number of nitrogens with zero attached hydrogens (tertiary/aromatic N) is 2. The molecule has 0 amide bonds. The summed E-state index contributed by atoms with van der Waals surface area (Å²) in [5.74, 6) is 3.40. The van der Waals surface area contributed by atoms with Crippen LogP contribution in [-0.4, -0.2) is 96.5 Å². The highest BCUT2D eigenvalue weighted by atomic mass is 16.5. The summed E-state index contributed by atoms with van der Waals surface area (Å²) in [6, 6.07) is 7.90. The standard InChI is InChI=1S/C26H34N2O7/c1-30-18-7-16(8-19(31-2)22(18)34-5)25-11-27-13-26(24(25)29,14-28(12-25)15-27)17-9-20(32-3)23(35-6)21(10-17)33-4/h7-10,24,29H,11-15H2,1-6H3. The second kappa shape index (κ2) is 8.65. The van der Waals surface area contributed by atoms with Crippen molar-refractivity contribution >= 4 is 0 Å². The number of rotatable bonds is 8. The van der Waals surface area contributed by atoms with E-state index in [1.807, 2.05) is 24.3 Å². The van der Waals surface area contributed by atoms with Crippen LogP contribution in [0.15, 0.2) is 24.3 Å². The molecule has 0 unspecified atom stereocenters. The molecule has 4 fully saturated rings. The van der Waals surface area contributed by atoms with E-state index in [1.54, 1.807) is 42.7 Å². The van der Waals surface area contributed by atoms with Gasteiger partial charge in [0.15, 0.2) is 23.0 Å². The lowest BCUT2D eigenvalue weighted by atomic mass is 9.55. The molecule has 0 aliphatic carbocycles. The molecule has 0 saturated carbocycles. The van der Waals surface area contributed by atoms with E-state index in [2.05, 4.69) is 9.80 Å². The van der Waals surface area contributed by atoms with Gasteiger partial charge in [0.2, 0.25) is 11.5 Å². The molecule has 190 valence electrons. The van der Waals surface area contributed by atoms with Gasteiger partial charge in [0.25, 0.3) is 0 Å². The predicted octanol–water partition coefficient (Wildman–Crippen LogP) is 1.88. The number of piperidine rings is 2. The van der Waals surface area contributed by atoms with E-state index in [-0.39, 0.29) is 0 Å². The van der Waals surface area contributed by atoms with E-state index in [0.717, 1.165) is 44.0 Å². The van der Waals surface area contributed by atoms with E-state index < -0.39 is 16.9 Å². The molecule has 9 heteroatoms. The summed E-state index contributed by atoms with van der Waals surface area (Å²) in [6.07, 6.45) is -0.673. The van der Waals surface area contributed by atoms with Crippen LogP contribution >= 0.6 is 0 Å². The van der Waals surface area contributed by atoms with Crippen LogP contribution in [0.4, 0.5) is 0 Å². The summed E-state index contributed by atoms with van der Waals surface area (Å²) in [5, 5.41) is 12.3. The van der Waals surface area contributed by atoms with Crippen LogP contribution in [0.25, 0.3) is 0 Å². The zero-order valence-corrected chi connectivity index (χ0v) is 21.2. The summed E-state index contributed by atoms with van der Waals surface area (Å²) < 4.78 is 33.7. The van der Waals surface area contributed by atoms with E-state index in [9.17, 15) is 5.11 Å². The number of ether oxygens (including phenoxy) is 6. The molecule has 1 N–H and O–H groups in total. The molecular weight excluding hydrogens is 452 g/mol. The summed E-state index contributed by atoms with van der Waals surface area (Å²) >= 11 is 0. The first kappa shape index (κ1) is 23.8. The normalized spacial score (nSPS) is 30.7. The lowest BCUT2D eigenvalue weighted by Gasteiger charge is -2.67. The molecule has 4 heterocycles. The minimum atomic E-state index is -0.673. The maximum atomic E-state index is 12.3. The molecule has 35 heavy (non-hydrogen) atoms. The number of methoxy groups -OCH3 is 6. The number of hydrogen-bond acceptors (Lipinski definition) is 9. The summed E-state index contributed by atoms with van der Waals surface area (Å²) in [4.78, 5) is 4.82. The molecule has 9 nitrogen and oxygen atoms in total. The first-order valence-electron chi connectivity index (χ1n) is 11.6. The lowest BCUT2D eigenvalue weighted by Crippen LogP contribution is -2.80. The van der Waals surface area contributed by atoms with Crippen LogP contribution in [-0.2, 0) is 10.8 Å². The molecule has 0 spiro atoms. The van der Waals surface area contributed by atoms with Crippen molar-refractivity contribution in [2.45, 2.75) is 16.9 Å². The van der Waals surface area contributed by atoms with Gasteiger partial charge >= 0.3 is 0 Å². The maximum absolute atomic E-state index is 12.3. The van der Waals surface area contributed by atoms with Crippen LogP contribution in [0.1, 0.15) is 11.1 Å². The van der Waals surface area contributed by atoms with E-state index in [0.29, 0.717) is 34.5 Å². The topological polar surface area (TPSA) is 82.1 Å². The summed E-state index contributed by atoms with van der Waals surface area (Å²) in [5.41, 5.74) is 0.820. The van der Waals surface area contributed by atoms with Gasteiger partial charge in [-0.15, -0.1) is 0 Å². The van der Waals surface area contributed by atoms with Gasteiger partial charge in [-0.05, 0) is 35.4 Å². The van der Waals surface area contributed by atoms with E-state index in [1.165, 1.54) is 0 Å². The van der Waals surface area contributed by atoms with Crippen molar-refractivity contribution in [2.24, 2.45) is 0 Å². The first-order valence-corrected chi connectivity index (χ1v) is 11.6. The fourth-order valence-electron chi connectivity index (χ4n) is 6.58. The molecular formula is C26H34N2O7. The Hall–Kier alpha value is -2.88. The average molecular weight is 487 g/mol. The zero-order chi connectivity index (χ0) is 25.0. The molecule has 0 atom stereocenters. The van der Waals surface area contributed by atoms with Crippen LogP contribution < -0.4 is 28.4 Å². The van der Waals surface area contributed by atoms with Crippen molar-refractivity contribution in [3.8, 4) is 34.5 Å². The fraction of sp³-hybridized carbons (Fsp3) is 0.538. The van der Waals surface area contributed by atoms with E-state index >= 15 is 0 Å². The number of benzene rings is 2. The molecule has 4 saturated heterocycles. The third-order valence-corrected chi connectivity index (χ3v) is 7.95. The first-order chi connectivity index (χ1) is 16.9. The zero-order valence-electron chi connectivity index (χ0n) is 21.2. The van der Waals surface area contributed by atoms with Crippen LogP contribution in [0.3, 0.4) is 0 Å². The van der Waals surface area contributed by atoms with Crippen molar-refractivity contribution in [3.05, 3.63) is 35.4 Å². The van der Waals surface area contributed by atoms with Crippen LogP contribution in [0, 0.1) is 0 Å². The number of hydrogen-bond donors (Lipinski definition) is 1. The Morgan fingerprint density at radius 1 is 0.600 bits per heavy atom. The number of aliphatic hydroxyl groups excluding tert-OH is 1. The second-order valence-electron chi connectivity index (χ2n) is 9.66. The Morgan fingerprint density at radius 3 is 1.17 bits per heavy atom. The Kier molecular flexibility index (Phi) is 5.89. The molecule has 6 rings (SSSR count). The molecule has 4 aliphatic rings. The van der Waals surface area contributed by atoms with Gasteiger partial charge in [0, 0.05) is 37.0 Å². The molecule has 4 bridgehead atoms. The second-order valence-corrected chi connectivity index (χ2v) is 9.66. The smallest absolute Gasteiger partial charge is 0.203 e. The van der Waals surface area contributed by atoms with Gasteiger partial charge in [0.05, 0.1) is 55.4 Å². The van der Waals surface area contributed by atoms with Crippen molar-refractivity contribution in [1.29, 1.82) is 0 Å². The van der Waals surface area contributed by atoms with Crippen molar-refractivity contribution < 1.29 is 33.5 Å². The Morgan fingerprint density at radius 2 is 0.914 bits per heavy atom. The largest absolute Gasteiger partial charge is 0.493 e. The molecule has 2 aromatic carbocycles. The van der Waals surface area contributed by atoms with Crippen molar-refractivity contribution in [1.82, 2.24) is 9.80 Å².